The maximum atomic E-state index is 13.0. The Morgan fingerprint density at radius 3 is 2.52 bits per heavy atom. The Balaban J connectivity index is 2.66. The van der Waals surface area contributed by atoms with Crippen molar-refractivity contribution >= 4 is 5.91 Å². The third-order valence-electron chi connectivity index (χ3n) is 3.50. The SMILES string of the molecule is CCCCN(CC)CC(=O)NCc1ccc(F)cc1C(F)(F)F. The maximum absolute atomic E-state index is 13.0. The second kappa shape index (κ2) is 8.86. The Morgan fingerprint density at radius 1 is 1.26 bits per heavy atom. The van der Waals surface area contributed by atoms with Crippen LogP contribution in [-0.2, 0) is 17.5 Å². The molecule has 3 nitrogen and oxygen atoms in total. The van der Waals surface area contributed by atoms with E-state index in [-0.39, 0.29) is 24.6 Å². The van der Waals surface area contributed by atoms with Gasteiger partial charge in [-0.05, 0) is 37.2 Å². The predicted octanol–water partition coefficient (Wildman–Crippen LogP) is 3.58. The van der Waals surface area contributed by atoms with Gasteiger partial charge in [-0.25, -0.2) is 4.39 Å². The fourth-order valence-corrected chi connectivity index (χ4v) is 2.15. The van der Waals surface area contributed by atoms with Crippen LogP contribution in [-0.4, -0.2) is 30.4 Å². The van der Waals surface area contributed by atoms with E-state index in [1.807, 2.05) is 18.7 Å². The molecule has 1 N–H and O–H groups in total. The lowest BCUT2D eigenvalue weighted by Crippen LogP contribution is -2.37. The number of benzene rings is 1. The Labute approximate surface area is 133 Å². The first-order valence-electron chi connectivity index (χ1n) is 7.62. The molecular weight excluding hydrogens is 312 g/mol. The van der Waals surface area contributed by atoms with E-state index in [1.165, 1.54) is 0 Å². The molecule has 1 aromatic carbocycles. The summed E-state index contributed by atoms with van der Waals surface area (Å²) < 4.78 is 51.6. The van der Waals surface area contributed by atoms with E-state index >= 15 is 0 Å². The van der Waals surface area contributed by atoms with Gasteiger partial charge in [0.15, 0.2) is 0 Å². The van der Waals surface area contributed by atoms with Crippen molar-refractivity contribution in [1.82, 2.24) is 10.2 Å². The van der Waals surface area contributed by atoms with Gasteiger partial charge >= 0.3 is 6.18 Å². The molecular formula is C16H22F4N2O. The van der Waals surface area contributed by atoms with Crippen LogP contribution in [0.25, 0.3) is 0 Å². The fraction of sp³-hybridized carbons (Fsp3) is 0.562. The lowest BCUT2D eigenvalue weighted by atomic mass is 10.1. The normalized spacial score (nSPS) is 11.8. The highest BCUT2D eigenvalue weighted by Crippen LogP contribution is 2.32. The van der Waals surface area contributed by atoms with Crippen LogP contribution in [0.1, 0.15) is 37.8 Å². The van der Waals surface area contributed by atoms with E-state index in [2.05, 4.69) is 5.32 Å². The maximum Gasteiger partial charge on any atom is 0.416 e. The minimum Gasteiger partial charge on any atom is -0.351 e. The summed E-state index contributed by atoms with van der Waals surface area (Å²) in [5.74, 6) is -1.30. The molecule has 0 spiro atoms. The highest BCUT2D eigenvalue weighted by Gasteiger charge is 2.33. The Kier molecular flexibility index (Phi) is 7.48. The number of nitrogens with zero attached hydrogens (tertiary/aromatic N) is 1. The van der Waals surface area contributed by atoms with Crippen molar-refractivity contribution in [3.8, 4) is 0 Å². The van der Waals surface area contributed by atoms with Crippen LogP contribution in [0.5, 0.6) is 0 Å². The molecule has 0 heterocycles. The van der Waals surface area contributed by atoms with Crippen molar-refractivity contribution in [2.75, 3.05) is 19.6 Å². The highest BCUT2D eigenvalue weighted by atomic mass is 19.4. The molecule has 0 atom stereocenters. The van der Waals surface area contributed by atoms with Gasteiger partial charge in [-0.1, -0.05) is 26.3 Å². The van der Waals surface area contributed by atoms with Gasteiger partial charge in [0.2, 0.25) is 5.91 Å². The monoisotopic (exact) mass is 334 g/mol. The summed E-state index contributed by atoms with van der Waals surface area (Å²) in [5.41, 5.74) is -1.21. The van der Waals surface area contributed by atoms with E-state index < -0.39 is 17.6 Å². The average Bonchev–Trinajstić information content (AvgIpc) is 2.49. The van der Waals surface area contributed by atoms with Crippen LogP contribution in [0, 0.1) is 5.82 Å². The minimum atomic E-state index is -4.65. The lowest BCUT2D eigenvalue weighted by molar-refractivity contribution is -0.138. The third kappa shape index (κ3) is 6.56. The fourth-order valence-electron chi connectivity index (χ4n) is 2.15. The first-order chi connectivity index (χ1) is 10.8. The van der Waals surface area contributed by atoms with Crippen molar-refractivity contribution in [3.63, 3.8) is 0 Å². The van der Waals surface area contributed by atoms with Crippen molar-refractivity contribution in [2.24, 2.45) is 0 Å². The molecule has 1 aromatic rings. The van der Waals surface area contributed by atoms with E-state index in [1.54, 1.807) is 0 Å². The van der Waals surface area contributed by atoms with Crippen molar-refractivity contribution < 1.29 is 22.4 Å². The molecule has 1 rings (SSSR count). The molecule has 7 heteroatoms. The van der Waals surface area contributed by atoms with Gasteiger partial charge in [0.05, 0.1) is 12.1 Å². The van der Waals surface area contributed by atoms with Gasteiger partial charge in [-0.15, -0.1) is 0 Å². The third-order valence-corrected chi connectivity index (χ3v) is 3.50. The molecule has 0 saturated heterocycles. The van der Waals surface area contributed by atoms with E-state index in [9.17, 15) is 22.4 Å². The molecule has 0 aromatic heterocycles. The molecule has 1 amide bonds. The summed E-state index contributed by atoms with van der Waals surface area (Å²) in [6, 6.07) is 2.45. The number of amides is 1. The number of halogens is 4. The minimum absolute atomic E-state index is 0.138. The number of alkyl halides is 3. The first kappa shape index (κ1) is 19.4. The summed E-state index contributed by atoms with van der Waals surface area (Å²) in [5, 5.41) is 2.47. The second-order valence-corrected chi connectivity index (χ2v) is 5.30. The molecule has 0 radical (unpaired) electrons. The number of likely N-dealkylation sites (N-methyl/N-ethyl adjacent to an activating group) is 1. The number of rotatable bonds is 8. The number of hydrogen-bond acceptors (Lipinski definition) is 2. The molecule has 0 bridgehead atoms. The Bertz CT molecular complexity index is 517. The molecule has 23 heavy (non-hydrogen) atoms. The van der Waals surface area contributed by atoms with E-state index in [4.69, 9.17) is 0 Å². The molecule has 0 aliphatic carbocycles. The quantitative estimate of drug-likeness (QED) is 0.737. The summed E-state index contributed by atoms with van der Waals surface area (Å²) in [4.78, 5) is 13.8. The van der Waals surface area contributed by atoms with Gasteiger partial charge in [-0.3, -0.25) is 9.69 Å². The zero-order valence-electron chi connectivity index (χ0n) is 13.3. The van der Waals surface area contributed by atoms with Gasteiger partial charge < -0.3 is 5.32 Å². The van der Waals surface area contributed by atoms with Crippen LogP contribution in [0.4, 0.5) is 17.6 Å². The van der Waals surface area contributed by atoms with Crippen LogP contribution in [0.15, 0.2) is 18.2 Å². The lowest BCUT2D eigenvalue weighted by Gasteiger charge is -2.20. The van der Waals surface area contributed by atoms with Crippen LogP contribution in [0.3, 0.4) is 0 Å². The number of carbonyl (C=O) groups excluding carboxylic acids is 1. The second-order valence-electron chi connectivity index (χ2n) is 5.30. The zero-order chi connectivity index (χ0) is 17.5. The number of hydrogen-bond donors (Lipinski definition) is 1. The van der Waals surface area contributed by atoms with Crippen LogP contribution in [0.2, 0.25) is 0 Å². The molecule has 0 unspecified atom stereocenters. The van der Waals surface area contributed by atoms with E-state index in [0.29, 0.717) is 12.6 Å². The largest absolute Gasteiger partial charge is 0.416 e. The molecule has 0 saturated carbocycles. The average molecular weight is 334 g/mol. The molecule has 0 aliphatic rings. The summed E-state index contributed by atoms with van der Waals surface area (Å²) in [7, 11) is 0. The Morgan fingerprint density at radius 2 is 1.96 bits per heavy atom. The van der Waals surface area contributed by atoms with E-state index in [0.717, 1.165) is 31.5 Å². The Hall–Kier alpha value is -1.63. The highest BCUT2D eigenvalue weighted by molar-refractivity contribution is 5.78. The first-order valence-corrected chi connectivity index (χ1v) is 7.62. The number of unbranched alkanes of at least 4 members (excludes halogenated alkanes) is 1. The van der Waals surface area contributed by atoms with Crippen LogP contribution >= 0.6 is 0 Å². The predicted molar refractivity (Wildman–Crippen MR) is 80.3 cm³/mol. The molecule has 0 fully saturated rings. The topological polar surface area (TPSA) is 32.3 Å². The smallest absolute Gasteiger partial charge is 0.351 e. The van der Waals surface area contributed by atoms with Crippen LogP contribution < -0.4 is 5.32 Å². The zero-order valence-corrected chi connectivity index (χ0v) is 13.3. The molecule has 0 aliphatic heterocycles. The van der Waals surface area contributed by atoms with Gasteiger partial charge in [0.1, 0.15) is 5.82 Å². The van der Waals surface area contributed by atoms with Crippen molar-refractivity contribution in [2.45, 2.75) is 39.4 Å². The van der Waals surface area contributed by atoms with Gasteiger partial charge in [0, 0.05) is 6.54 Å². The number of carbonyl (C=O) groups is 1. The number of nitrogens with one attached hydrogen (secondary N) is 1. The standard InChI is InChI=1S/C16H22F4N2O/c1-3-5-8-22(4-2)11-15(23)21-10-12-6-7-13(17)9-14(12)16(18,19)20/h6-7,9H,3-5,8,10-11H2,1-2H3,(H,21,23). The summed E-state index contributed by atoms with van der Waals surface area (Å²) >= 11 is 0. The van der Waals surface area contributed by atoms with Crippen molar-refractivity contribution in [3.05, 3.63) is 35.1 Å². The summed E-state index contributed by atoms with van der Waals surface area (Å²) in [6.45, 7) is 5.28. The molecule has 130 valence electrons. The van der Waals surface area contributed by atoms with Gasteiger partial charge in [-0.2, -0.15) is 13.2 Å². The van der Waals surface area contributed by atoms with Crippen molar-refractivity contribution in [1.29, 1.82) is 0 Å². The van der Waals surface area contributed by atoms with Gasteiger partial charge in [0.25, 0.3) is 0 Å². The summed E-state index contributed by atoms with van der Waals surface area (Å²) in [6.07, 6.45) is -2.70.